The monoisotopic (exact) mass is 291 g/mol. The van der Waals surface area contributed by atoms with Gasteiger partial charge in [0, 0.05) is 25.4 Å². The quantitative estimate of drug-likeness (QED) is 0.857. The fourth-order valence-corrected chi connectivity index (χ4v) is 3.36. The number of morpholine rings is 1. The van der Waals surface area contributed by atoms with E-state index in [4.69, 9.17) is 4.74 Å². The molecule has 0 radical (unpaired) electrons. The highest BCUT2D eigenvalue weighted by atomic mass is 19.1. The summed E-state index contributed by atoms with van der Waals surface area (Å²) in [5.74, 6) is 0.316. The second kappa shape index (κ2) is 6.56. The van der Waals surface area contributed by atoms with E-state index in [9.17, 15) is 9.18 Å². The number of carbonyl (C=O) groups is 1. The molecule has 1 aromatic carbocycles. The minimum Gasteiger partial charge on any atom is -0.374 e. The standard InChI is InChI=1S/C17H22FNO2/c18-15-7-5-13(6-8-15)11-16-12-19(9-10-21-16)17(20)14-3-1-2-4-14/h5-8,14,16H,1-4,9-12H2. The number of hydrogen-bond donors (Lipinski definition) is 0. The van der Waals surface area contributed by atoms with Gasteiger partial charge in [-0.25, -0.2) is 4.39 Å². The Morgan fingerprint density at radius 1 is 1.24 bits per heavy atom. The average molecular weight is 291 g/mol. The van der Waals surface area contributed by atoms with E-state index in [1.807, 2.05) is 4.90 Å². The Kier molecular flexibility index (Phi) is 4.54. The van der Waals surface area contributed by atoms with E-state index >= 15 is 0 Å². The molecule has 1 amide bonds. The molecular weight excluding hydrogens is 269 g/mol. The van der Waals surface area contributed by atoms with Crippen LogP contribution in [0.5, 0.6) is 0 Å². The summed E-state index contributed by atoms with van der Waals surface area (Å²) in [6.45, 7) is 1.96. The molecule has 1 atom stereocenters. The third-order valence-electron chi connectivity index (χ3n) is 4.53. The van der Waals surface area contributed by atoms with Crippen molar-refractivity contribution in [2.75, 3.05) is 19.7 Å². The molecule has 4 heteroatoms. The minimum absolute atomic E-state index is 0.0227. The van der Waals surface area contributed by atoms with Crippen LogP contribution in [0, 0.1) is 11.7 Å². The normalized spacial score (nSPS) is 23.5. The summed E-state index contributed by atoms with van der Waals surface area (Å²) in [7, 11) is 0. The van der Waals surface area contributed by atoms with Gasteiger partial charge in [-0.1, -0.05) is 25.0 Å². The van der Waals surface area contributed by atoms with Gasteiger partial charge in [-0.05, 0) is 30.5 Å². The second-order valence-electron chi connectivity index (χ2n) is 6.09. The molecular formula is C17H22FNO2. The second-order valence-corrected chi connectivity index (χ2v) is 6.09. The molecule has 114 valence electrons. The summed E-state index contributed by atoms with van der Waals surface area (Å²) in [6.07, 6.45) is 5.20. The van der Waals surface area contributed by atoms with Crippen LogP contribution in [-0.2, 0) is 16.0 Å². The largest absolute Gasteiger partial charge is 0.374 e. The Bertz CT molecular complexity index is 482. The van der Waals surface area contributed by atoms with Crippen molar-refractivity contribution in [3.63, 3.8) is 0 Å². The summed E-state index contributed by atoms with van der Waals surface area (Å²) in [6, 6.07) is 6.52. The van der Waals surface area contributed by atoms with Crippen LogP contribution in [0.4, 0.5) is 4.39 Å². The minimum atomic E-state index is -0.221. The van der Waals surface area contributed by atoms with Crippen molar-refractivity contribution in [2.24, 2.45) is 5.92 Å². The maximum absolute atomic E-state index is 12.9. The number of carbonyl (C=O) groups excluding carboxylic acids is 1. The van der Waals surface area contributed by atoms with Crippen molar-refractivity contribution in [1.82, 2.24) is 4.90 Å². The predicted molar refractivity (Wildman–Crippen MR) is 78.4 cm³/mol. The summed E-state index contributed by atoms with van der Waals surface area (Å²) in [5.41, 5.74) is 1.05. The van der Waals surface area contributed by atoms with E-state index in [0.717, 1.165) is 24.8 Å². The van der Waals surface area contributed by atoms with Gasteiger partial charge in [0.2, 0.25) is 5.91 Å². The van der Waals surface area contributed by atoms with Gasteiger partial charge in [0.05, 0.1) is 12.7 Å². The van der Waals surface area contributed by atoms with Crippen LogP contribution in [0.1, 0.15) is 31.2 Å². The first-order valence-corrected chi connectivity index (χ1v) is 7.87. The van der Waals surface area contributed by atoms with E-state index < -0.39 is 0 Å². The Labute approximate surface area is 125 Å². The summed E-state index contributed by atoms with van der Waals surface area (Å²) >= 11 is 0. The lowest BCUT2D eigenvalue weighted by atomic mass is 10.0. The van der Waals surface area contributed by atoms with Crippen LogP contribution in [0.3, 0.4) is 0 Å². The lowest BCUT2D eigenvalue weighted by Gasteiger charge is -2.34. The zero-order chi connectivity index (χ0) is 14.7. The zero-order valence-corrected chi connectivity index (χ0v) is 12.3. The van der Waals surface area contributed by atoms with Gasteiger partial charge >= 0.3 is 0 Å². The molecule has 0 N–H and O–H groups in total. The third kappa shape index (κ3) is 3.62. The van der Waals surface area contributed by atoms with Gasteiger partial charge in [-0.3, -0.25) is 4.79 Å². The van der Waals surface area contributed by atoms with E-state index in [1.165, 1.54) is 25.0 Å². The zero-order valence-electron chi connectivity index (χ0n) is 12.3. The summed E-state index contributed by atoms with van der Waals surface area (Å²) < 4.78 is 18.7. The van der Waals surface area contributed by atoms with Crippen molar-refractivity contribution < 1.29 is 13.9 Å². The molecule has 1 aromatic rings. The highest BCUT2D eigenvalue weighted by Crippen LogP contribution is 2.27. The number of ether oxygens (including phenoxy) is 1. The van der Waals surface area contributed by atoms with Gasteiger partial charge in [0.25, 0.3) is 0 Å². The first-order chi connectivity index (χ1) is 10.2. The predicted octanol–water partition coefficient (Wildman–Crippen LogP) is 2.79. The molecule has 1 unspecified atom stereocenters. The van der Waals surface area contributed by atoms with Crippen LogP contribution in [0.2, 0.25) is 0 Å². The average Bonchev–Trinajstić information content (AvgIpc) is 3.03. The first kappa shape index (κ1) is 14.5. The molecule has 1 saturated heterocycles. The SMILES string of the molecule is O=C(C1CCCC1)N1CCOC(Cc2ccc(F)cc2)C1. The van der Waals surface area contributed by atoms with Gasteiger partial charge in [-0.2, -0.15) is 0 Å². The summed E-state index contributed by atoms with van der Waals surface area (Å²) in [4.78, 5) is 14.4. The molecule has 1 heterocycles. The molecule has 3 rings (SSSR count). The molecule has 21 heavy (non-hydrogen) atoms. The Balaban J connectivity index is 1.57. The van der Waals surface area contributed by atoms with E-state index in [1.54, 1.807) is 12.1 Å². The van der Waals surface area contributed by atoms with Crippen LogP contribution >= 0.6 is 0 Å². The Morgan fingerprint density at radius 2 is 1.95 bits per heavy atom. The maximum Gasteiger partial charge on any atom is 0.225 e. The Hall–Kier alpha value is -1.42. The molecule has 0 spiro atoms. The fourth-order valence-electron chi connectivity index (χ4n) is 3.36. The topological polar surface area (TPSA) is 29.5 Å². The van der Waals surface area contributed by atoms with Crippen molar-refractivity contribution in [3.8, 4) is 0 Å². The smallest absolute Gasteiger partial charge is 0.225 e. The van der Waals surface area contributed by atoms with Crippen molar-refractivity contribution >= 4 is 5.91 Å². The first-order valence-electron chi connectivity index (χ1n) is 7.87. The van der Waals surface area contributed by atoms with Crippen molar-refractivity contribution in [2.45, 2.75) is 38.2 Å². The number of nitrogens with zero attached hydrogens (tertiary/aromatic N) is 1. The molecule has 3 nitrogen and oxygen atoms in total. The molecule has 0 aromatic heterocycles. The highest BCUT2D eigenvalue weighted by Gasteiger charge is 2.30. The molecule has 1 saturated carbocycles. The fraction of sp³-hybridized carbons (Fsp3) is 0.588. The van der Waals surface area contributed by atoms with Crippen LogP contribution in [-0.4, -0.2) is 36.6 Å². The Morgan fingerprint density at radius 3 is 2.67 bits per heavy atom. The number of benzene rings is 1. The molecule has 2 aliphatic rings. The van der Waals surface area contributed by atoms with Gasteiger partial charge in [0.1, 0.15) is 5.82 Å². The summed E-state index contributed by atoms with van der Waals surface area (Å²) in [5, 5.41) is 0. The van der Waals surface area contributed by atoms with Crippen molar-refractivity contribution in [3.05, 3.63) is 35.6 Å². The van der Waals surface area contributed by atoms with Gasteiger partial charge in [-0.15, -0.1) is 0 Å². The lowest BCUT2D eigenvalue weighted by molar-refractivity contribution is -0.142. The van der Waals surface area contributed by atoms with Gasteiger partial charge in [0.15, 0.2) is 0 Å². The number of amides is 1. The van der Waals surface area contributed by atoms with Crippen LogP contribution in [0.25, 0.3) is 0 Å². The highest BCUT2D eigenvalue weighted by molar-refractivity contribution is 5.79. The molecule has 1 aliphatic carbocycles. The molecule has 2 fully saturated rings. The van der Waals surface area contributed by atoms with Crippen LogP contribution in [0.15, 0.2) is 24.3 Å². The number of halogens is 1. The van der Waals surface area contributed by atoms with E-state index in [2.05, 4.69) is 0 Å². The molecule has 1 aliphatic heterocycles. The van der Waals surface area contributed by atoms with E-state index in [-0.39, 0.29) is 17.8 Å². The third-order valence-corrected chi connectivity index (χ3v) is 4.53. The molecule has 0 bridgehead atoms. The maximum atomic E-state index is 12.9. The van der Waals surface area contributed by atoms with Crippen LogP contribution < -0.4 is 0 Å². The number of rotatable bonds is 3. The number of hydrogen-bond acceptors (Lipinski definition) is 2. The lowest BCUT2D eigenvalue weighted by Crippen LogP contribution is -2.48. The van der Waals surface area contributed by atoms with Crippen molar-refractivity contribution in [1.29, 1.82) is 0 Å². The van der Waals surface area contributed by atoms with E-state index in [0.29, 0.717) is 25.6 Å². The van der Waals surface area contributed by atoms with Gasteiger partial charge < -0.3 is 9.64 Å².